The second-order valence-electron chi connectivity index (χ2n) is 6.37. The van der Waals surface area contributed by atoms with Gasteiger partial charge in [-0.05, 0) is 31.2 Å². The molecule has 0 amide bonds. The number of hydrogen-bond acceptors (Lipinski definition) is 2. The monoisotopic (exact) mass is 288 g/mol. The van der Waals surface area contributed by atoms with Crippen molar-refractivity contribution in [3.8, 4) is 0 Å². The quantitative estimate of drug-likeness (QED) is 0.835. The highest BCUT2D eigenvalue weighted by Gasteiger charge is 2.39. The van der Waals surface area contributed by atoms with Crippen LogP contribution in [0, 0.1) is 0 Å². The highest BCUT2D eigenvalue weighted by molar-refractivity contribution is 5.20. The van der Waals surface area contributed by atoms with Crippen LogP contribution in [-0.2, 0) is 0 Å². The van der Waals surface area contributed by atoms with Crippen LogP contribution in [0.25, 0.3) is 0 Å². The van der Waals surface area contributed by atoms with Gasteiger partial charge in [-0.2, -0.15) is 0 Å². The molecule has 1 aromatic carbocycles. The molecule has 0 spiro atoms. The molecule has 118 valence electrons. The maximum Gasteiger partial charge on any atom is 0.0450 e. The van der Waals surface area contributed by atoms with E-state index in [2.05, 4.69) is 68.2 Å². The van der Waals surface area contributed by atoms with Crippen molar-refractivity contribution in [2.24, 2.45) is 0 Å². The third-order valence-electron chi connectivity index (χ3n) is 5.68. The fraction of sp³-hybridized carbons (Fsp3) is 0.684. The molecule has 0 bridgehead atoms. The fourth-order valence-corrected chi connectivity index (χ4v) is 4.01. The molecule has 1 aliphatic heterocycles. The van der Waals surface area contributed by atoms with Crippen molar-refractivity contribution < 1.29 is 0 Å². The van der Waals surface area contributed by atoms with Crippen LogP contribution in [0.15, 0.2) is 30.3 Å². The van der Waals surface area contributed by atoms with Crippen molar-refractivity contribution in [1.82, 2.24) is 10.2 Å². The molecule has 2 atom stereocenters. The zero-order valence-corrected chi connectivity index (χ0v) is 14.2. The number of rotatable bonds is 6. The first-order valence-corrected chi connectivity index (χ1v) is 8.75. The highest BCUT2D eigenvalue weighted by Crippen LogP contribution is 2.34. The Balaban J connectivity index is 2.23. The summed E-state index contributed by atoms with van der Waals surface area (Å²) in [5.74, 6) is 0. The Morgan fingerprint density at radius 3 is 2.19 bits per heavy atom. The van der Waals surface area contributed by atoms with E-state index in [4.69, 9.17) is 0 Å². The lowest BCUT2D eigenvalue weighted by molar-refractivity contribution is -0.00191. The summed E-state index contributed by atoms with van der Waals surface area (Å²) in [6.07, 6.45) is 4.98. The average molecular weight is 288 g/mol. The zero-order valence-electron chi connectivity index (χ0n) is 14.2. The van der Waals surface area contributed by atoms with Crippen LogP contribution < -0.4 is 5.32 Å². The summed E-state index contributed by atoms with van der Waals surface area (Å²) in [6.45, 7) is 11.7. The first-order chi connectivity index (χ1) is 10.2. The van der Waals surface area contributed by atoms with Crippen LogP contribution in [0.3, 0.4) is 0 Å². The van der Waals surface area contributed by atoms with Crippen LogP contribution in [0.5, 0.6) is 0 Å². The van der Waals surface area contributed by atoms with Crippen LogP contribution >= 0.6 is 0 Å². The van der Waals surface area contributed by atoms with Crippen LogP contribution in [0.4, 0.5) is 0 Å². The molecule has 2 heteroatoms. The van der Waals surface area contributed by atoms with Crippen molar-refractivity contribution in [2.75, 3.05) is 13.1 Å². The maximum atomic E-state index is 3.77. The molecule has 1 N–H and O–H groups in total. The van der Waals surface area contributed by atoms with E-state index < -0.39 is 0 Å². The van der Waals surface area contributed by atoms with E-state index in [-0.39, 0.29) is 0 Å². The molecule has 0 radical (unpaired) electrons. The largest absolute Gasteiger partial charge is 0.307 e. The van der Waals surface area contributed by atoms with Gasteiger partial charge in [0, 0.05) is 30.7 Å². The number of nitrogens with zero attached hydrogens (tertiary/aromatic N) is 1. The number of hydrogen-bond donors (Lipinski definition) is 1. The van der Waals surface area contributed by atoms with E-state index >= 15 is 0 Å². The van der Waals surface area contributed by atoms with E-state index in [0.29, 0.717) is 17.6 Å². The van der Waals surface area contributed by atoms with Gasteiger partial charge in [0.1, 0.15) is 0 Å². The van der Waals surface area contributed by atoms with Gasteiger partial charge in [0.2, 0.25) is 0 Å². The van der Waals surface area contributed by atoms with Gasteiger partial charge < -0.3 is 5.32 Å². The van der Waals surface area contributed by atoms with Crippen molar-refractivity contribution in [2.45, 2.75) is 71.0 Å². The Bertz CT molecular complexity index is 403. The molecule has 2 nitrogen and oxygen atoms in total. The number of benzene rings is 1. The molecule has 1 aromatic rings. The fourth-order valence-electron chi connectivity index (χ4n) is 4.01. The molecule has 1 fully saturated rings. The average Bonchev–Trinajstić information content (AvgIpc) is 2.57. The lowest BCUT2D eigenvalue weighted by Crippen LogP contribution is -2.61. The summed E-state index contributed by atoms with van der Waals surface area (Å²) in [4.78, 5) is 2.82. The molecule has 1 aliphatic rings. The minimum atomic E-state index is 0.371. The summed E-state index contributed by atoms with van der Waals surface area (Å²) in [6, 6.07) is 12.1. The Morgan fingerprint density at radius 1 is 1.05 bits per heavy atom. The molecule has 0 aliphatic carbocycles. The Hall–Kier alpha value is -0.860. The van der Waals surface area contributed by atoms with Crippen molar-refractivity contribution in [3.05, 3.63) is 35.9 Å². The third-order valence-corrected chi connectivity index (χ3v) is 5.68. The topological polar surface area (TPSA) is 15.3 Å². The highest BCUT2D eigenvalue weighted by atomic mass is 15.3. The number of nitrogens with one attached hydrogen (secondary N) is 1. The second kappa shape index (κ2) is 7.42. The minimum absolute atomic E-state index is 0.371. The number of piperazine rings is 1. The molecule has 2 rings (SSSR count). The van der Waals surface area contributed by atoms with Crippen LogP contribution in [-0.4, -0.2) is 29.6 Å². The minimum Gasteiger partial charge on any atom is -0.307 e. The van der Waals surface area contributed by atoms with Crippen LogP contribution in [0.1, 0.15) is 65.0 Å². The molecule has 0 saturated carbocycles. The summed E-state index contributed by atoms with van der Waals surface area (Å²) in [5.41, 5.74) is 1.80. The van der Waals surface area contributed by atoms with Gasteiger partial charge in [-0.15, -0.1) is 0 Å². The van der Waals surface area contributed by atoms with Gasteiger partial charge in [0.05, 0.1) is 0 Å². The molecular weight excluding hydrogens is 256 g/mol. The molecular formula is C19H32N2. The maximum absolute atomic E-state index is 3.77. The molecule has 0 aromatic heterocycles. The van der Waals surface area contributed by atoms with E-state index in [1.165, 1.54) is 31.2 Å². The van der Waals surface area contributed by atoms with Gasteiger partial charge in [-0.3, -0.25) is 4.90 Å². The first-order valence-electron chi connectivity index (χ1n) is 8.75. The first kappa shape index (κ1) is 16.5. The molecule has 1 heterocycles. The molecule has 21 heavy (non-hydrogen) atoms. The predicted molar refractivity (Wildman–Crippen MR) is 91.6 cm³/mol. The molecule has 1 saturated heterocycles. The molecule has 2 unspecified atom stereocenters. The summed E-state index contributed by atoms with van der Waals surface area (Å²) in [5, 5.41) is 3.77. The lowest BCUT2D eigenvalue weighted by Gasteiger charge is -2.51. The van der Waals surface area contributed by atoms with Gasteiger partial charge in [0.15, 0.2) is 0 Å². The smallest absolute Gasteiger partial charge is 0.0450 e. The Kier molecular flexibility index (Phi) is 5.83. The zero-order chi connectivity index (χ0) is 15.3. The van der Waals surface area contributed by atoms with Crippen LogP contribution in [0.2, 0.25) is 0 Å². The predicted octanol–water partition coefficient (Wildman–Crippen LogP) is 4.38. The van der Waals surface area contributed by atoms with E-state index in [9.17, 15) is 0 Å². The Morgan fingerprint density at radius 2 is 1.67 bits per heavy atom. The van der Waals surface area contributed by atoms with E-state index in [0.717, 1.165) is 13.1 Å². The van der Waals surface area contributed by atoms with Gasteiger partial charge in [0.25, 0.3) is 0 Å². The van der Waals surface area contributed by atoms with Crippen molar-refractivity contribution in [3.63, 3.8) is 0 Å². The van der Waals surface area contributed by atoms with E-state index in [1.54, 1.807) is 0 Å². The van der Waals surface area contributed by atoms with Crippen molar-refractivity contribution >= 4 is 0 Å². The van der Waals surface area contributed by atoms with E-state index in [1.807, 2.05) is 0 Å². The summed E-state index contributed by atoms with van der Waals surface area (Å²) in [7, 11) is 0. The SMILES string of the molecule is CCC1CNC(c2ccccc2)CN1C(CC)(CC)CC. The normalized spacial score (nSPS) is 24.2. The second-order valence-corrected chi connectivity index (χ2v) is 6.37. The third kappa shape index (κ3) is 3.32. The van der Waals surface area contributed by atoms with Gasteiger partial charge >= 0.3 is 0 Å². The van der Waals surface area contributed by atoms with Gasteiger partial charge in [-0.1, -0.05) is 58.0 Å². The van der Waals surface area contributed by atoms with Crippen molar-refractivity contribution in [1.29, 1.82) is 0 Å². The lowest BCUT2D eigenvalue weighted by atomic mass is 9.84. The summed E-state index contributed by atoms with van der Waals surface area (Å²) >= 11 is 0. The summed E-state index contributed by atoms with van der Waals surface area (Å²) < 4.78 is 0. The van der Waals surface area contributed by atoms with Gasteiger partial charge in [-0.25, -0.2) is 0 Å². The Labute approximate surface area is 130 Å². The standard InChI is InChI=1S/C19H32N2/c1-5-17-14-20-18(16-12-10-9-11-13-16)15-21(17)19(6-2,7-3)8-4/h9-13,17-18,20H,5-8,14-15H2,1-4H3.